The Morgan fingerprint density at radius 2 is 2.00 bits per heavy atom. The Kier molecular flexibility index (Phi) is 5.71. The molecule has 1 aromatic carbocycles. The van der Waals surface area contributed by atoms with Crippen LogP contribution >= 0.6 is 0 Å². The molecule has 0 aromatic heterocycles. The molecule has 3 aliphatic heterocycles. The second kappa shape index (κ2) is 8.57. The highest BCUT2D eigenvalue weighted by Crippen LogP contribution is 2.62. The van der Waals surface area contributed by atoms with Crippen LogP contribution in [0, 0.1) is 5.92 Å². The first-order chi connectivity index (χ1) is 17.3. The topological polar surface area (TPSA) is 149 Å². The number of aliphatic hydroxyl groups excluding tert-OH is 4. The number of hydrogen-bond acceptors (Lipinski definition) is 10. The molecular weight excluding hydrogens is 474 g/mol. The molecule has 2 aliphatic carbocycles. The summed E-state index contributed by atoms with van der Waals surface area (Å²) in [4.78, 5) is 14.2. The molecule has 2 bridgehead atoms. The quantitative estimate of drug-likeness (QED) is 0.302. The van der Waals surface area contributed by atoms with E-state index in [0.717, 1.165) is 25.8 Å². The number of nitrogens with one attached hydrogen (secondary N) is 1. The molecule has 4 unspecified atom stereocenters. The molecule has 0 saturated carbocycles. The van der Waals surface area contributed by atoms with Gasteiger partial charge in [-0.3, -0.25) is 0 Å². The fourth-order valence-electron chi connectivity index (χ4n) is 7.06. The van der Waals surface area contributed by atoms with Gasteiger partial charge in [0.1, 0.15) is 36.8 Å². The van der Waals surface area contributed by atoms with Crippen LogP contribution in [0.25, 0.3) is 0 Å². The summed E-state index contributed by atoms with van der Waals surface area (Å²) < 4.78 is 28.0. The van der Waals surface area contributed by atoms with E-state index in [-0.39, 0.29) is 5.41 Å². The van der Waals surface area contributed by atoms with Gasteiger partial charge in [-0.05, 0) is 24.1 Å². The highest BCUT2D eigenvalue weighted by atomic mass is 16.7. The number of rotatable bonds is 4. The number of quaternary nitrogens is 1. The summed E-state index contributed by atoms with van der Waals surface area (Å²) in [5.41, 5.74) is 2.10. The second-order valence-electron chi connectivity index (χ2n) is 10.5. The van der Waals surface area contributed by atoms with Crippen LogP contribution in [0.15, 0.2) is 24.0 Å². The zero-order chi connectivity index (χ0) is 25.4. The van der Waals surface area contributed by atoms with Gasteiger partial charge in [-0.1, -0.05) is 6.07 Å². The van der Waals surface area contributed by atoms with Crippen molar-refractivity contribution in [1.82, 2.24) is 0 Å². The molecule has 0 amide bonds. The maximum absolute atomic E-state index is 12.7. The van der Waals surface area contributed by atoms with Crippen molar-refractivity contribution in [3.05, 3.63) is 35.1 Å². The number of methoxy groups -OCH3 is 1. The summed E-state index contributed by atoms with van der Waals surface area (Å²) in [6, 6.07) is 4.48. The number of hydrogen-bond donors (Lipinski definition) is 5. The number of aliphatic hydroxyl groups is 4. The average Bonchev–Trinajstić information content (AvgIpc) is 3.22. The largest absolute Gasteiger partial charge is 0.513 e. The van der Waals surface area contributed by atoms with Crippen LogP contribution in [0.5, 0.6) is 11.5 Å². The van der Waals surface area contributed by atoms with Crippen LogP contribution in [-0.2, 0) is 26.0 Å². The molecule has 2 fully saturated rings. The lowest BCUT2D eigenvalue weighted by molar-refractivity contribution is -0.918. The van der Waals surface area contributed by atoms with Gasteiger partial charge in [-0.25, -0.2) is 4.79 Å². The Labute approximate surface area is 207 Å². The van der Waals surface area contributed by atoms with Crippen LogP contribution < -0.4 is 14.4 Å². The zero-order valence-electron chi connectivity index (χ0n) is 20.1. The Hall–Kier alpha value is -2.41. The van der Waals surface area contributed by atoms with Crippen LogP contribution in [0.2, 0.25) is 0 Å². The zero-order valence-corrected chi connectivity index (χ0v) is 20.1. The van der Waals surface area contributed by atoms with E-state index in [1.54, 1.807) is 7.11 Å². The van der Waals surface area contributed by atoms with Gasteiger partial charge in [-0.2, -0.15) is 0 Å². The number of benzene rings is 1. The Bertz CT molecular complexity index is 1090. The van der Waals surface area contributed by atoms with Crippen LogP contribution in [0.3, 0.4) is 0 Å². The molecule has 36 heavy (non-hydrogen) atoms. The first kappa shape index (κ1) is 24.0. The van der Waals surface area contributed by atoms with Gasteiger partial charge >= 0.3 is 6.16 Å². The Balaban J connectivity index is 1.23. The van der Waals surface area contributed by atoms with Crippen molar-refractivity contribution in [3.8, 4) is 11.5 Å². The predicted molar refractivity (Wildman–Crippen MR) is 120 cm³/mol. The molecule has 196 valence electrons. The summed E-state index contributed by atoms with van der Waals surface area (Å²) >= 11 is 0. The van der Waals surface area contributed by atoms with Gasteiger partial charge in [0, 0.05) is 24.3 Å². The Morgan fingerprint density at radius 1 is 1.19 bits per heavy atom. The van der Waals surface area contributed by atoms with Crippen molar-refractivity contribution in [1.29, 1.82) is 0 Å². The van der Waals surface area contributed by atoms with Gasteiger partial charge in [0.05, 0.1) is 32.2 Å². The molecule has 10 atom stereocenters. The molecule has 5 N–H and O–H groups in total. The van der Waals surface area contributed by atoms with E-state index in [2.05, 4.69) is 13.1 Å². The number of ether oxygens (including phenoxy) is 5. The number of allylic oxidation sites excluding steroid dienone is 1. The molecule has 11 nitrogen and oxygen atoms in total. The second-order valence-corrected chi connectivity index (χ2v) is 10.5. The third kappa shape index (κ3) is 3.30. The molecule has 2 saturated heterocycles. The van der Waals surface area contributed by atoms with Crippen molar-refractivity contribution >= 4 is 6.16 Å². The standard InChI is InChI=1S/C25H31NO10/c1-26-8-7-25-12-4-6-15(35-24(31)33-10-16-18(27)19(28)20(29)23(30)34-16)22(25)36-21-14(32-2)5-3-11(17(21)25)9-13(12)26/h3,5-6,12-13,16,18-20,22-23,27-30H,4,7-10H2,1-2H3/p+1/t12?,13-,16-,18+,19?,20-,22?,23+,25+/m1/s1. The molecule has 5 aliphatic rings. The minimum atomic E-state index is -1.72. The lowest BCUT2D eigenvalue weighted by Gasteiger charge is -2.54. The van der Waals surface area contributed by atoms with Crippen molar-refractivity contribution in [3.63, 3.8) is 0 Å². The minimum absolute atomic E-state index is 0.320. The molecule has 1 spiro atoms. The van der Waals surface area contributed by atoms with E-state index in [1.165, 1.54) is 16.0 Å². The van der Waals surface area contributed by atoms with Crippen molar-refractivity contribution in [2.24, 2.45) is 5.92 Å². The average molecular weight is 507 g/mol. The van der Waals surface area contributed by atoms with Crippen LogP contribution in [0.4, 0.5) is 4.79 Å². The first-order valence-corrected chi connectivity index (χ1v) is 12.4. The number of piperidine rings is 1. The van der Waals surface area contributed by atoms with E-state index < -0.39 is 49.6 Å². The van der Waals surface area contributed by atoms with Crippen LogP contribution in [0.1, 0.15) is 24.0 Å². The predicted octanol–water partition coefficient (Wildman–Crippen LogP) is -1.61. The first-order valence-electron chi connectivity index (χ1n) is 12.4. The number of likely N-dealkylation sites (N-methyl/N-ethyl adjacent to an activating group) is 1. The van der Waals surface area contributed by atoms with Crippen molar-refractivity contribution in [2.75, 3.05) is 27.3 Å². The SMILES string of the molecule is COc1ccc2c3c1OC1C(OC(=O)OC[C@H]4O[C@H](O)[C@H](O)C(O)[C@H]4O)=CCC4[C@@H](C2)[NH+](C)CC[C@]314. The molecule has 0 radical (unpaired) electrons. The maximum Gasteiger partial charge on any atom is 0.513 e. The van der Waals surface area contributed by atoms with Gasteiger partial charge in [0.2, 0.25) is 0 Å². The molecule has 6 rings (SSSR count). The van der Waals surface area contributed by atoms with Crippen LogP contribution in [-0.4, -0.2) is 96.7 Å². The van der Waals surface area contributed by atoms with Gasteiger partial charge in [0.15, 0.2) is 23.9 Å². The summed E-state index contributed by atoms with van der Waals surface area (Å²) in [5.74, 6) is 2.08. The third-order valence-electron chi connectivity index (χ3n) is 8.84. The van der Waals surface area contributed by atoms with E-state index in [4.69, 9.17) is 23.7 Å². The monoisotopic (exact) mass is 506 g/mol. The molecule has 11 heteroatoms. The van der Waals surface area contributed by atoms with Crippen molar-refractivity contribution < 1.29 is 53.8 Å². The number of carbonyl (C=O) groups excluding carboxylic acids is 1. The van der Waals surface area contributed by atoms with E-state index >= 15 is 0 Å². The normalized spacial score (nSPS) is 42.1. The smallest absolute Gasteiger partial charge is 0.493 e. The molecule has 1 aromatic rings. The third-order valence-corrected chi connectivity index (χ3v) is 8.84. The summed E-state index contributed by atoms with van der Waals surface area (Å²) in [5, 5.41) is 39.2. The fourth-order valence-corrected chi connectivity index (χ4v) is 7.06. The highest BCUT2D eigenvalue weighted by Gasteiger charge is 2.66. The lowest BCUT2D eigenvalue weighted by Crippen LogP contribution is -3.16. The van der Waals surface area contributed by atoms with Gasteiger partial charge < -0.3 is 49.0 Å². The molecular formula is C25H32NO10+. The lowest BCUT2D eigenvalue weighted by atomic mass is 9.53. The van der Waals surface area contributed by atoms with E-state index in [0.29, 0.717) is 29.2 Å². The number of likely N-dealkylation sites (tertiary alicyclic amines) is 1. The fraction of sp³-hybridized carbons (Fsp3) is 0.640. The summed E-state index contributed by atoms with van der Waals surface area (Å²) in [6.07, 6.45) is -4.84. The number of carbonyl (C=O) groups is 1. The summed E-state index contributed by atoms with van der Waals surface area (Å²) in [6.45, 7) is 0.490. The minimum Gasteiger partial charge on any atom is -0.493 e. The highest BCUT2D eigenvalue weighted by molar-refractivity contribution is 5.65. The Morgan fingerprint density at radius 3 is 2.78 bits per heavy atom. The van der Waals surface area contributed by atoms with E-state index in [1.807, 2.05) is 12.1 Å². The molecule has 3 heterocycles. The maximum atomic E-state index is 12.7. The van der Waals surface area contributed by atoms with Crippen molar-refractivity contribution in [2.45, 2.75) is 67.5 Å². The van der Waals surface area contributed by atoms with E-state index in [9.17, 15) is 25.2 Å². The van der Waals surface area contributed by atoms with Gasteiger partial charge in [0.25, 0.3) is 0 Å². The van der Waals surface area contributed by atoms with Gasteiger partial charge in [-0.15, -0.1) is 0 Å². The summed E-state index contributed by atoms with van der Waals surface area (Å²) in [7, 11) is 3.85.